The number of nitrogens with one attached hydrogen (secondary N) is 1. The van der Waals surface area contributed by atoms with Crippen LogP contribution in [0.2, 0.25) is 0 Å². The summed E-state index contributed by atoms with van der Waals surface area (Å²) in [5, 5.41) is 3.10. The molecule has 0 saturated carbocycles. The molecule has 0 heterocycles. The molecule has 1 N–H and O–H groups in total. The normalized spacial score (nSPS) is 9.82. The average Bonchev–Trinajstić information content (AvgIpc) is 1.99. The lowest BCUT2D eigenvalue weighted by molar-refractivity contribution is 1.37. The Hall–Kier alpha value is 0.230. The third-order valence-electron chi connectivity index (χ3n) is 1.57. The van der Waals surface area contributed by atoms with Crippen molar-refractivity contribution >= 4 is 44.2 Å². The molecule has 0 bridgehead atoms. The van der Waals surface area contributed by atoms with Gasteiger partial charge in [-0.25, -0.2) is 0 Å². The van der Waals surface area contributed by atoms with E-state index in [1.807, 2.05) is 7.05 Å². The molecule has 0 saturated heterocycles. The predicted molar refractivity (Wildman–Crippen MR) is 61.1 cm³/mol. The number of halogens is 2. The Morgan fingerprint density at radius 1 is 1.45 bits per heavy atom. The number of hydrogen-bond acceptors (Lipinski definition) is 1. The van der Waals surface area contributed by atoms with Gasteiger partial charge < -0.3 is 5.32 Å². The van der Waals surface area contributed by atoms with Gasteiger partial charge in [-0.15, -0.1) is 0 Å². The van der Waals surface area contributed by atoms with Crippen LogP contribution in [0.4, 0.5) is 5.69 Å². The molecule has 1 aromatic carbocycles. The van der Waals surface area contributed by atoms with Crippen molar-refractivity contribution in [3.63, 3.8) is 0 Å². The molecule has 0 atom stereocenters. The molecule has 0 spiro atoms. The summed E-state index contributed by atoms with van der Waals surface area (Å²) in [7, 11) is 1.92. The van der Waals surface area contributed by atoms with E-state index in [0.717, 1.165) is 10.2 Å². The van der Waals surface area contributed by atoms with Crippen LogP contribution in [0.5, 0.6) is 0 Å². The van der Waals surface area contributed by atoms with E-state index in [1.54, 1.807) is 0 Å². The summed E-state index contributed by atoms with van der Waals surface area (Å²) in [6.45, 7) is 2.10. The zero-order chi connectivity index (χ0) is 8.43. The molecule has 0 aliphatic carbocycles. The summed E-state index contributed by atoms with van der Waals surface area (Å²) < 4.78 is 2.44. The van der Waals surface area contributed by atoms with Gasteiger partial charge in [-0.1, -0.05) is 15.9 Å². The van der Waals surface area contributed by atoms with E-state index in [0.29, 0.717) is 0 Å². The van der Waals surface area contributed by atoms with Gasteiger partial charge in [0.25, 0.3) is 0 Å². The molecular formula is C8H9BrIN. The molecule has 1 aromatic rings. The first-order valence-corrected chi connectivity index (χ1v) is 5.15. The molecule has 11 heavy (non-hydrogen) atoms. The summed E-state index contributed by atoms with van der Waals surface area (Å²) in [5.41, 5.74) is 2.44. The molecule has 1 nitrogen and oxygen atoms in total. The summed E-state index contributed by atoms with van der Waals surface area (Å²) in [4.78, 5) is 0. The van der Waals surface area contributed by atoms with Gasteiger partial charge in [0.05, 0.1) is 0 Å². The molecule has 3 heteroatoms. The molecule has 0 aromatic heterocycles. The Morgan fingerprint density at radius 2 is 2.09 bits per heavy atom. The molecule has 0 radical (unpaired) electrons. The van der Waals surface area contributed by atoms with Crippen molar-refractivity contribution in [2.24, 2.45) is 0 Å². The second kappa shape index (κ2) is 3.76. The van der Waals surface area contributed by atoms with E-state index in [9.17, 15) is 0 Å². The minimum Gasteiger partial charge on any atom is -0.388 e. The van der Waals surface area contributed by atoms with Gasteiger partial charge >= 0.3 is 0 Å². The fourth-order valence-electron chi connectivity index (χ4n) is 0.790. The average molecular weight is 326 g/mol. The zero-order valence-electron chi connectivity index (χ0n) is 6.41. The second-order valence-electron chi connectivity index (χ2n) is 2.31. The minimum atomic E-state index is 1.15. The smallest absolute Gasteiger partial charge is 0.0359 e. The van der Waals surface area contributed by atoms with E-state index in [1.165, 1.54) is 9.13 Å². The highest BCUT2D eigenvalue weighted by molar-refractivity contribution is 14.1. The van der Waals surface area contributed by atoms with Crippen LogP contribution in [0.25, 0.3) is 0 Å². The van der Waals surface area contributed by atoms with Crippen LogP contribution in [0.3, 0.4) is 0 Å². The lowest BCUT2D eigenvalue weighted by Crippen LogP contribution is -1.90. The van der Waals surface area contributed by atoms with Gasteiger partial charge in [0.2, 0.25) is 0 Å². The molecule has 0 fully saturated rings. The first-order chi connectivity index (χ1) is 5.15. The Kier molecular flexibility index (Phi) is 3.18. The van der Waals surface area contributed by atoms with Gasteiger partial charge in [0, 0.05) is 20.8 Å². The van der Waals surface area contributed by atoms with Gasteiger partial charge in [0.15, 0.2) is 0 Å². The molecular weight excluding hydrogens is 317 g/mol. The predicted octanol–water partition coefficient (Wildman–Crippen LogP) is 3.40. The SMILES string of the molecule is CNc1cc(Br)c(C)c(I)c1. The Morgan fingerprint density at radius 3 is 2.55 bits per heavy atom. The van der Waals surface area contributed by atoms with Gasteiger partial charge in [-0.05, 0) is 47.2 Å². The largest absolute Gasteiger partial charge is 0.388 e. The van der Waals surface area contributed by atoms with Crippen molar-refractivity contribution in [1.82, 2.24) is 0 Å². The fourth-order valence-corrected chi connectivity index (χ4v) is 2.25. The van der Waals surface area contributed by atoms with Crippen LogP contribution in [0.1, 0.15) is 5.56 Å². The van der Waals surface area contributed by atoms with E-state index >= 15 is 0 Å². The third kappa shape index (κ3) is 2.08. The maximum absolute atomic E-state index is 3.49. The van der Waals surface area contributed by atoms with Gasteiger partial charge in [-0.3, -0.25) is 0 Å². The van der Waals surface area contributed by atoms with Gasteiger partial charge in [0.1, 0.15) is 0 Å². The van der Waals surface area contributed by atoms with Crippen molar-refractivity contribution in [2.75, 3.05) is 12.4 Å². The minimum absolute atomic E-state index is 1.15. The highest BCUT2D eigenvalue weighted by Gasteiger charge is 2.00. The highest BCUT2D eigenvalue weighted by Crippen LogP contribution is 2.25. The zero-order valence-corrected chi connectivity index (χ0v) is 10.2. The van der Waals surface area contributed by atoms with E-state index < -0.39 is 0 Å². The molecule has 0 aliphatic rings. The highest BCUT2D eigenvalue weighted by atomic mass is 127. The van der Waals surface area contributed by atoms with Crippen molar-refractivity contribution in [1.29, 1.82) is 0 Å². The Bertz CT molecular complexity index is 250. The topological polar surface area (TPSA) is 12.0 Å². The fraction of sp³-hybridized carbons (Fsp3) is 0.250. The maximum atomic E-state index is 3.49. The summed E-state index contributed by atoms with van der Waals surface area (Å²) >= 11 is 5.82. The third-order valence-corrected chi connectivity index (χ3v) is 3.51. The second-order valence-corrected chi connectivity index (χ2v) is 4.33. The van der Waals surface area contributed by atoms with Crippen LogP contribution in [-0.2, 0) is 0 Å². The number of anilines is 1. The molecule has 0 amide bonds. The lowest BCUT2D eigenvalue weighted by atomic mass is 10.2. The standard InChI is InChI=1S/C8H9BrIN/c1-5-7(9)3-6(11-2)4-8(5)10/h3-4,11H,1-2H3. The number of benzene rings is 1. The van der Waals surface area contributed by atoms with E-state index in [4.69, 9.17) is 0 Å². The van der Waals surface area contributed by atoms with Crippen molar-refractivity contribution in [2.45, 2.75) is 6.92 Å². The van der Waals surface area contributed by atoms with Crippen LogP contribution in [-0.4, -0.2) is 7.05 Å². The van der Waals surface area contributed by atoms with Crippen LogP contribution in [0.15, 0.2) is 16.6 Å². The quantitative estimate of drug-likeness (QED) is 0.780. The monoisotopic (exact) mass is 325 g/mol. The molecule has 1 rings (SSSR count). The van der Waals surface area contributed by atoms with Crippen LogP contribution in [0, 0.1) is 10.5 Å². The van der Waals surface area contributed by atoms with Crippen molar-refractivity contribution in [3.05, 3.63) is 25.7 Å². The Balaban J connectivity index is 3.21. The van der Waals surface area contributed by atoms with Crippen molar-refractivity contribution < 1.29 is 0 Å². The first-order valence-electron chi connectivity index (χ1n) is 3.28. The van der Waals surface area contributed by atoms with Crippen LogP contribution < -0.4 is 5.32 Å². The molecule has 0 aliphatic heterocycles. The molecule has 0 unspecified atom stereocenters. The molecule has 60 valence electrons. The maximum Gasteiger partial charge on any atom is 0.0359 e. The number of rotatable bonds is 1. The number of hydrogen-bond donors (Lipinski definition) is 1. The van der Waals surface area contributed by atoms with Gasteiger partial charge in [-0.2, -0.15) is 0 Å². The first kappa shape index (κ1) is 9.32. The summed E-state index contributed by atoms with van der Waals surface area (Å²) in [5.74, 6) is 0. The van der Waals surface area contributed by atoms with E-state index in [-0.39, 0.29) is 0 Å². The summed E-state index contributed by atoms with van der Waals surface area (Å²) in [6, 6.07) is 4.21. The van der Waals surface area contributed by atoms with Crippen LogP contribution >= 0.6 is 38.5 Å². The Labute approximate surface area is 88.8 Å². The van der Waals surface area contributed by atoms with Crippen molar-refractivity contribution in [3.8, 4) is 0 Å². The van der Waals surface area contributed by atoms with E-state index in [2.05, 4.69) is 62.9 Å². The summed E-state index contributed by atoms with van der Waals surface area (Å²) in [6.07, 6.45) is 0. The lowest BCUT2D eigenvalue weighted by Gasteiger charge is -2.05.